The zero-order valence-corrected chi connectivity index (χ0v) is 16.6. The van der Waals surface area contributed by atoms with Crippen LogP contribution in [0.15, 0.2) is 23.6 Å². The minimum atomic E-state index is -0.0410. The number of carbonyl (C=O) groups is 1. The summed E-state index contributed by atoms with van der Waals surface area (Å²) in [7, 11) is 0. The molecule has 1 aromatic heterocycles. The van der Waals surface area contributed by atoms with Crippen molar-refractivity contribution >= 4 is 28.1 Å². The van der Waals surface area contributed by atoms with E-state index in [9.17, 15) is 4.79 Å². The van der Waals surface area contributed by atoms with Gasteiger partial charge in [-0.1, -0.05) is 6.07 Å². The van der Waals surface area contributed by atoms with E-state index in [2.05, 4.69) is 47.6 Å². The molecule has 26 heavy (non-hydrogen) atoms. The van der Waals surface area contributed by atoms with E-state index >= 15 is 0 Å². The van der Waals surface area contributed by atoms with Crippen molar-refractivity contribution in [2.24, 2.45) is 5.92 Å². The minimum absolute atomic E-state index is 0.0410. The molecule has 3 rings (SSSR count). The molecule has 0 unspecified atom stereocenters. The number of rotatable bonds is 6. The van der Waals surface area contributed by atoms with E-state index in [0.29, 0.717) is 6.61 Å². The molecular weight excluding hydrogens is 346 g/mol. The van der Waals surface area contributed by atoms with E-state index in [4.69, 9.17) is 9.72 Å². The molecule has 1 aliphatic rings. The molecule has 0 saturated carbocycles. The summed E-state index contributed by atoms with van der Waals surface area (Å²) in [6, 6.07) is 6.36. The van der Waals surface area contributed by atoms with Gasteiger partial charge in [0.25, 0.3) is 0 Å². The first-order valence-corrected chi connectivity index (χ1v) is 10.1. The molecule has 6 heteroatoms. The van der Waals surface area contributed by atoms with Crippen molar-refractivity contribution in [3.63, 3.8) is 0 Å². The smallest absolute Gasteiger partial charge is 0.309 e. The van der Waals surface area contributed by atoms with Gasteiger partial charge in [-0.3, -0.25) is 9.69 Å². The van der Waals surface area contributed by atoms with Crippen LogP contribution in [0.2, 0.25) is 0 Å². The number of hydrogen-bond donors (Lipinski definition) is 1. The van der Waals surface area contributed by atoms with Crippen molar-refractivity contribution in [1.29, 1.82) is 0 Å². The van der Waals surface area contributed by atoms with E-state index in [1.54, 1.807) is 11.3 Å². The van der Waals surface area contributed by atoms with Gasteiger partial charge in [0.1, 0.15) is 0 Å². The predicted molar refractivity (Wildman–Crippen MR) is 106 cm³/mol. The van der Waals surface area contributed by atoms with Gasteiger partial charge in [-0.2, -0.15) is 0 Å². The van der Waals surface area contributed by atoms with Crippen molar-refractivity contribution in [1.82, 2.24) is 9.88 Å². The van der Waals surface area contributed by atoms with Crippen LogP contribution in [0.4, 0.5) is 10.8 Å². The van der Waals surface area contributed by atoms with Gasteiger partial charge in [-0.25, -0.2) is 4.98 Å². The van der Waals surface area contributed by atoms with Crippen molar-refractivity contribution in [2.75, 3.05) is 25.0 Å². The Bertz CT molecular complexity index is 751. The number of aromatic nitrogens is 1. The number of likely N-dealkylation sites (tertiary alicyclic amines) is 1. The molecule has 1 aliphatic heterocycles. The van der Waals surface area contributed by atoms with Crippen LogP contribution in [0.3, 0.4) is 0 Å². The van der Waals surface area contributed by atoms with Crippen LogP contribution in [0.25, 0.3) is 0 Å². The fourth-order valence-electron chi connectivity index (χ4n) is 3.20. The van der Waals surface area contributed by atoms with E-state index in [-0.39, 0.29) is 11.9 Å². The lowest BCUT2D eigenvalue weighted by atomic mass is 9.97. The van der Waals surface area contributed by atoms with Crippen LogP contribution in [0, 0.1) is 19.8 Å². The third kappa shape index (κ3) is 4.83. The molecule has 1 N–H and O–H groups in total. The van der Waals surface area contributed by atoms with Crippen LogP contribution in [-0.2, 0) is 16.1 Å². The fourth-order valence-corrected chi connectivity index (χ4v) is 3.92. The molecule has 0 amide bonds. The molecule has 0 atom stereocenters. The van der Waals surface area contributed by atoms with Crippen LogP contribution in [0.5, 0.6) is 0 Å². The van der Waals surface area contributed by atoms with Gasteiger partial charge in [-0.05, 0) is 70.0 Å². The highest BCUT2D eigenvalue weighted by Gasteiger charge is 2.26. The molecule has 0 spiro atoms. The van der Waals surface area contributed by atoms with Crippen molar-refractivity contribution in [3.8, 4) is 0 Å². The Balaban J connectivity index is 1.51. The second-order valence-electron chi connectivity index (χ2n) is 6.87. The number of thiazole rings is 1. The first kappa shape index (κ1) is 18.9. The fraction of sp³-hybridized carbons (Fsp3) is 0.500. The molecule has 2 aromatic rings. The van der Waals surface area contributed by atoms with Gasteiger partial charge in [0.2, 0.25) is 0 Å². The second kappa shape index (κ2) is 8.64. The van der Waals surface area contributed by atoms with E-state index < -0.39 is 0 Å². The number of esters is 1. The zero-order chi connectivity index (χ0) is 18.5. The maximum absolute atomic E-state index is 11.8. The first-order valence-electron chi connectivity index (χ1n) is 9.23. The van der Waals surface area contributed by atoms with Gasteiger partial charge in [0, 0.05) is 17.6 Å². The zero-order valence-electron chi connectivity index (χ0n) is 15.7. The van der Waals surface area contributed by atoms with E-state index in [0.717, 1.165) is 49.0 Å². The van der Waals surface area contributed by atoms with Gasteiger partial charge in [0.15, 0.2) is 5.13 Å². The lowest BCUT2D eigenvalue weighted by Crippen LogP contribution is -2.36. The number of ether oxygens (including phenoxy) is 1. The summed E-state index contributed by atoms with van der Waals surface area (Å²) >= 11 is 1.63. The molecule has 1 aromatic carbocycles. The number of benzene rings is 1. The number of anilines is 2. The lowest BCUT2D eigenvalue weighted by molar-refractivity contribution is -0.149. The van der Waals surface area contributed by atoms with Crippen LogP contribution in [0.1, 0.15) is 36.6 Å². The van der Waals surface area contributed by atoms with E-state index in [1.807, 2.05) is 6.92 Å². The highest BCUT2D eigenvalue weighted by atomic mass is 32.1. The Kier molecular flexibility index (Phi) is 6.27. The van der Waals surface area contributed by atoms with Crippen LogP contribution >= 0.6 is 11.3 Å². The average Bonchev–Trinajstić information content (AvgIpc) is 3.06. The highest BCUT2D eigenvalue weighted by Crippen LogP contribution is 2.25. The van der Waals surface area contributed by atoms with Crippen molar-refractivity contribution in [2.45, 2.75) is 40.2 Å². The van der Waals surface area contributed by atoms with Crippen LogP contribution < -0.4 is 5.32 Å². The predicted octanol–water partition coefficient (Wildman–Crippen LogP) is 4.28. The van der Waals surface area contributed by atoms with Crippen molar-refractivity contribution in [3.05, 3.63) is 40.4 Å². The molecule has 2 heterocycles. The monoisotopic (exact) mass is 373 g/mol. The quantitative estimate of drug-likeness (QED) is 0.766. The summed E-state index contributed by atoms with van der Waals surface area (Å²) in [6.45, 7) is 9.23. The minimum Gasteiger partial charge on any atom is -0.466 e. The Morgan fingerprint density at radius 1 is 1.31 bits per heavy atom. The largest absolute Gasteiger partial charge is 0.466 e. The molecule has 0 radical (unpaired) electrons. The van der Waals surface area contributed by atoms with Gasteiger partial charge in [0.05, 0.1) is 18.2 Å². The molecule has 140 valence electrons. The Morgan fingerprint density at radius 2 is 2.08 bits per heavy atom. The summed E-state index contributed by atoms with van der Waals surface area (Å²) in [5.74, 6) is 0.0179. The van der Waals surface area contributed by atoms with Crippen molar-refractivity contribution < 1.29 is 9.53 Å². The summed E-state index contributed by atoms with van der Waals surface area (Å²) in [5, 5.41) is 6.43. The Hall–Kier alpha value is -1.92. The third-order valence-electron chi connectivity index (χ3n) is 4.90. The molecule has 1 fully saturated rings. The maximum atomic E-state index is 11.8. The average molecular weight is 374 g/mol. The molecule has 0 aliphatic carbocycles. The number of hydrogen-bond acceptors (Lipinski definition) is 6. The maximum Gasteiger partial charge on any atom is 0.309 e. The molecule has 1 saturated heterocycles. The normalized spacial score (nSPS) is 15.8. The van der Waals surface area contributed by atoms with Gasteiger partial charge >= 0.3 is 5.97 Å². The highest BCUT2D eigenvalue weighted by molar-refractivity contribution is 7.13. The number of nitrogens with one attached hydrogen (secondary N) is 1. The topological polar surface area (TPSA) is 54.5 Å². The van der Waals surface area contributed by atoms with Gasteiger partial charge < -0.3 is 10.1 Å². The third-order valence-corrected chi connectivity index (χ3v) is 5.71. The second-order valence-corrected chi connectivity index (χ2v) is 7.73. The summed E-state index contributed by atoms with van der Waals surface area (Å²) in [6.07, 6.45) is 1.74. The summed E-state index contributed by atoms with van der Waals surface area (Å²) < 4.78 is 5.13. The first-order chi connectivity index (χ1) is 12.5. The summed E-state index contributed by atoms with van der Waals surface area (Å²) in [4.78, 5) is 18.9. The number of carbonyl (C=O) groups excluding carboxylic acids is 1. The Morgan fingerprint density at radius 3 is 2.77 bits per heavy atom. The lowest BCUT2D eigenvalue weighted by Gasteiger charge is -2.30. The van der Waals surface area contributed by atoms with Crippen LogP contribution in [-0.4, -0.2) is 35.5 Å². The van der Waals surface area contributed by atoms with E-state index in [1.165, 1.54) is 11.1 Å². The number of aryl methyl sites for hydroxylation is 2. The number of nitrogens with zero attached hydrogens (tertiary/aromatic N) is 2. The SMILES string of the molecule is CCOC(=O)C1CCN(Cc2csc(Nc3ccc(C)c(C)c3)n2)CC1. The standard InChI is InChI=1S/C20H27N3O2S/c1-4-25-19(24)16-7-9-23(10-8-16)12-18-13-26-20(22-18)21-17-6-5-14(2)15(3)11-17/h5-6,11,13,16H,4,7-10,12H2,1-3H3,(H,21,22). The Labute approximate surface area is 159 Å². The molecular formula is C20H27N3O2S. The number of piperidine rings is 1. The van der Waals surface area contributed by atoms with Gasteiger partial charge in [-0.15, -0.1) is 11.3 Å². The molecule has 5 nitrogen and oxygen atoms in total. The molecule has 0 bridgehead atoms. The summed E-state index contributed by atoms with van der Waals surface area (Å²) in [5.41, 5.74) is 4.72.